The van der Waals surface area contributed by atoms with Crippen LogP contribution in [-0.2, 0) is 6.54 Å². The maximum atomic E-state index is 5.34. The third-order valence-corrected chi connectivity index (χ3v) is 6.78. The molecule has 2 atom stereocenters. The van der Waals surface area contributed by atoms with Crippen molar-refractivity contribution >= 4 is 17.3 Å². The Labute approximate surface area is 184 Å². The van der Waals surface area contributed by atoms with Crippen molar-refractivity contribution in [3.05, 3.63) is 45.4 Å². The van der Waals surface area contributed by atoms with Crippen LogP contribution in [0, 0.1) is 19.8 Å². The van der Waals surface area contributed by atoms with Gasteiger partial charge in [-0.2, -0.15) is 0 Å². The molecule has 1 aliphatic rings. The van der Waals surface area contributed by atoms with E-state index >= 15 is 0 Å². The summed E-state index contributed by atoms with van der Waals surface area (Å²) in [5.74, 6) is 2.31. The molecular formula is C23H35N5OS. The Morgan fingerprint density at radius 3 is 2.67 bits per heavy atom. The number of hydrogen-bond acceptors (Lipinski definition) is 5. The van der Waals surface area contributed by atoms with Crippen molar-refractivity contribution < 1.29 is 4.74 Å². The highest BCUT2D eigenvalue weighted by molar-refractivity contribution is 7.11. The Morgan fingerprint density at radius 2 is 2.03 bits per heavy atom. The number of ether oxygens (including phenoxy) is 1. The molecule has 1 aromatic heterocycles. The van der Waals surface area contributed by atoms with E-state index in [1.807, 2.05) is 6.92 Å². The van der Waals surface area contributed by atoms with Crippen LogP contribution in [0.25, 0.3) is 0 Å². The molecule has 2 unspecified atom stereocenters. The molecule has 0 radical (unpaired) electrons. The molecule has 0 amide bonds. The van der Waals surface area contributed by atoms with Gasteiger partial charge < -0.3 is 15.4 Å². The van der Waals surface area contributed by atoms with E-state index in [2.05, 4.69) is 65.7 Å². The summed E-state index contributed by atoms with van der Waals surface area (Å²) in [6.07, 6.45) is 2.43. The van der Waals surface area contributed by atoms with E-state index in [1.54, 1.807) is 18.4 Å². The normalized spacial score (nSPS) is 20.2. The largest absolute Gasteiger partial charge is 0.497 e. The molecule has 0 aliphatic carbocycles. The molecule has 6 nitrogen and oxygen atoms in total. The lowest BCUT2D eigenvalue weighted by atomic mass is 9.85. The molecule has 3 rings (SSSR count). The topological polar surface area (TPSA) is 61.8 Å². The number of aliphatic imine (C=N–C) groups is 1. The van der Waals surface area contributed by atoms with E-state index in [-0.39, 0.29) is 0 Å². The summed E-state index contributed by atoms with van der Waals surface area (Å²) >= 11 is 1.73. The molecule has 30 heavy (non-hydrogen) atoms. The van der Waals surface area contributed by atoms with E-state index in [1.165, 1.54) is 23.3 Å². The van der Waals surface area contributed by atoms with E-state index < -0.39 is 0 Å². The first-order valence-electron chi connectivity index (χ1n) is 10.8. The molecule has 164 valence electrons. The minimum absolute atomic E-state index is 0.395. The van der Waals surface area contributed by atoms with E-state index in [9.17, 15) is 0 Å². The van der Waals surface area contributed by atoms with Crippen LogP contribution >= 0.6 is 11.3 Å². The fraction of sp³-hybridized carbons (Fsp3) is 0.565. The zero-order valence-corrected chi connectivity index (χ0v) is 19.7. The maximum Gasteiger partial charge on any atom is 0.191 e. The van der Waals surface area contributed by atoms with Gasteiger partial charge in [0.25, 0.3) is 0 Å². The first-order valence-corrected chi connectivity index (χ1v) is 11.6. The Balaban J connectivity index is 1.68. The number of nitrogens with one attached hydrogen (secondary N) is 2. The van der Waals surface area contributed by atoms with Gasteiger partial charge in [-0.3, -0.25) is 4.90 Å². The molecule has 2 aromatic rings. The number of guanidine groups is 1. The fourth-order valence-corrected chi connectivity index (χ4v) is 5.10. The molecular weight excluding hydrogens is 394 g/mol. The van der Waals surface area contributed by atoms with Crippen LogP contribution < -0.4 is 15.4 Å². The number of aryl methyl sites for hydroxylation is 2. The minimum atomic E-state index is 0.395. The van der Waals surface area contributed by atoms with Gasteiger partial charge in [-0.1, -0.05) is 12.1 Å². The van der Waals surface area contributed by atoms with Crippen LogP contribution in [-0.4, -0.2) is 49.6 Å². The lowest BCUT2D eigenvalue weighted by molar-refractivity contribution is 0.122. The quantitative estimate of drug-likeness (QED) is 0.516. The van der Waals surface area contributed by atoms with E-state index in [0.717, 1.165) is 42.0 Å². The first kappa shape index (κ1) is 22.6. The number of piperidine rings is 1. The van der Waals surface area contributed by atoms with Crippen molar-refractivity contribution in [2.45, 2.75) is 46.2 Å². The van der Waals surface area contributed by atoms with Gasteiger partial charge in [0.1, 0.15) is 5.75 Å². The number of hydrogen-bond donors (Lipinski definition) is 2. The Morgan fingerprint density at radius 1 is 1.27 bits per heavy atom. The maximum absolute atomic E-state index is 5.34. The van der Waals surface area contributed by atoms with Gasteiger partial charge in [0, 0.05) is 24.0 Å². The smallest absolute Gasteiger partial charge is 0.191 e. The number of nitrogens with zero attached hydrogens (tertiary/aromatic N) is 3. The van der Waals surface area contributed by atoms with Gasteiger partial charge in [-0.05, 0) is 70.8 Å². The van der Waals surface area contributed by atoms with Gasteiger partial charge in [0.05, 0.1) is 24.4 Å². The van der Waals surface area contributed by atoms with Crippen molar-refractivity contribution in [3.63, 3.8) is 0 Å². The summed E-state index contributed by atoms with van der Waals surface area (Å²) in [7, 11) is 3.94. The monoisotopic (exact) mass is 429 g/mol. The van der Waals surface area contributed by atoms with Crippen molar-refractivity contribution in [1.29, 1.82) is 0 Å². The van der Waals surface area contributed by atoms with Gasteiger partial charge in [0.15, 0.2) is 5.96 Å². The Hall–Kier alpha value is -2.12. The van der Waals surface area contributed by atoms with Crippen molar-refractivity contribution in [2.24, 2.45) is 10.9 Å². The van der Waals surface area contributed by atoms with Gasteiger partial charge in [0.2, 0.25) is 0 Å². The van der Waals surface area contributed by atoms with Crippen LogP contribution in [0.5, 0.6) is 5.75 Å². The zero-order valence-electron chi connectivity index (χ0n) is 18.9. The van der Waals surface area contributed by atoms with Crippen molar-refractivity contribution in [3.8, 4) is 5.75 Å². The third-order valence-electron chi connectivity index (χ3n) is 5.72. The Bertz CT molecular complexity index is 833. The van der Waals surface area contributed by atoms with Crippen molar-refractivity contribution in [1.82, 2.24) is 20.5 Å². The van der Waals surface area contributed by atoms with Gasteiger partial charge >= 0.3 is 0 Å². The molecule has 2 heterocycles. The van der Waals surface area contributed by atoms with Crippen molar-refractivity contribution in [2.75, 3.05) is 33.8 Å². The predicted molar refractivity (Wildman–Crippen MR) is 125 cm³/mol. The number of thiazole rings is 1. The highest BCUT2D eigenvalue weighted by Gasteiger charge is 2.30. The highest BCUT2D eigenvalue weighted by Crippen LogP contribution is 2.35. The van der Waals surface area contributed by atoms with E-state index in [4.69, 9.17) is 9.73 Å². The SMILES string of the molecule is CCNC(=NCc1sc(C)nc1C)NCC1CCCN(C)C1c1ccc(OC)cc1. The van der Waals surface area contributed by atoms with Crippen LogP contribution in [0.15, 0.2) is 29.3 Å². The number of rotatable bonds is 7. The number of benzene rings is 1. The van der Waals surface area contributed by atoms with Gasteiger partial charge in [-0.15, -0.1) is 11.3 Å². The van der Waals surface area contributed by atoms with Crippen LogP contribution in [0.1, 0.15) is 46.9 Å². The molecule has 7 heteroatoms. The number of aromatic nitrogens is 1. The molecule has 0 bridgehead atoms. The highest BCUT2D eigenvalue weighted by atomic mass is 32.1. The van der Waals surface area contributed by atoms with Crippen LogP contribution in [0.3, 0.4) is 0 Å². The third kappa shape index (κ3) is 5.73. The summed E-state index contributed by atoms with van der Waals surface area (Å²) in [4.78, 5) is 13.0. The average molecular weight is 430 g/mol. The lowest BCUT2D eigenvalue weighted by Crippen LogP contribution is -2.45. The second-order valence-corrected chi connectivity index (χ2v) is 9.21. The number of likely N-dealkylation sites (tertiary alicyclic amines) is 1. The number of methoxy groups -OCH3 is 1. The summed E-state index contributed by atoms with van der Waals surface area (Å²) in [6.45, 7) is 9.75. The first-order chi connectivity index (χ1) is 14.5. The molecule has 2 N–H and O–H groups in total. The van der Waals surface area contributed by atoms with Gasteiger partial charge in [-0.25, -0.2) is 9.98 Å². The standard InChI is InChI=1S/C23H35N5OS/c1-6-24-23(26-15-21-16(2)27-17(3)30-21)25-14-19-8-7-13-28(4)22(19)18-9-11-20(29-5)12-10-18/h9-12,19,22H,6-8,13-15H2,1-5H3,(H2,24,25,26). The van der Waals surface area contributed by atoms with Crippen LogP contribution in [0.4, 0.5) is 0 Å². The fourth-order valence-electron chi connectivity index (χ4n) is 4.24. The summed E-state index contributed by atoms with van der Waals surface area (Å²) in [5.41, 5.74) is 2.44. The molecule has 1 aromatic carbocycles. The summed E-state index contributed by atoms with van der Waals surface area (Å²) in [6, 6.07) is 8.92. The lowest BCUT2D eigenvalue weighted by Gasteiger charge is -2.40. The molecule has 1 saturated heterocycles. The van der Waals surface area contributed by atoms with E-state index in [0.29, 0.717) is 18.5 Å². The summed E-state index contributed by atoms with van der Waals surface area (Å²) < 4.78 is 5.34. The summed E-state index contributed by atoms with van der Waals surface area (Å²) in [5, 5.41) is 8.09. The zero-order chi connectivity index (χ0) is 21.5. The molecule has 1 fully saturated rings. The van der Waals surface area contributed by atoms with Crippen LogP contribution in [0.2, 0.25) is 0 Å². The predicted octanol–water partition coefficient (Wildman–Crippen LogP) is 3.91. The minimum Gasteiger partial charge on any atom is -0.497 e. The second-order valence-electron chi connectivity index (χ2n) is 7.92. The molecule has 0 saturated carbocycles. The Kier molecular flexibility index (Phi) is 8.10. The molecule has 0 spiro atoms. The second kappa shape index (κ2) is 10.8. The molecule has 1 aliphatic heterocycles. The average Bonchev–Trinajstić information content (AvgIpc) is 3.07.